The molecule has 2 aliphatic rings. The van der Waals surface area contributed by atoms with Gasteiger partial charge in [-0.1, -0.05) is 0 Å². The first-order chi connectivity index (χ1) is 22.4. The number of benzene rings is 2. The average Bonchev–Trinajstić information content (AvgIpc) is 3.46. The smallest absolute Gasteiger partial charge is 0.424 e. The normalized spacial score (nSPS) is 19.5. The standard InChI is InChI=1S/C31H26F7N5O5/c1-28(27(39)45)14-48-25-19(28)10-21(41-24(25)15-2-4-18(32)5-3-15)30(46,31(36,37)38)13-40-26(44)16-8-17-11-43(29(35)6-7-29)42-23(17)20(9-16)47-12-22(33)34/h2-5,8-11,22,46H,6-7,12-14H2,1H3,(H2,39,45)(H,40,44)/t28-,30?/m0/s1. The number of carbonyl (C=O) groups is 2. The van der Waals surface area contributed by atoms with E-state index in [0.717, 1.165) is 35.0 Å². The predicted molar refractivity (Wildman–Crippen MR) is 154 cm³/mol. The van der Waals surface area contributed by atoms with Gasteiger partial charge in [0.25, 0.3) is 12.3 Å². The van der Waals surface area contributed by atoms with E-state index in [4.69, 9.17) is 15.2 Å². The summed E-state index contributed by atoms with van der Waals surface area (Å²) < 4.78 is 110. The minimum Gasteiger partial charge on any atom is -0.489 e. The molecule has 1 aliphatic carbocycles. The fourth-order valence-corrected chi connectivity index (χ4v) is 5.28. The topological polar surface area (TPSA) is 142 Å². The molecule has 1 fully saturated rings. The largest absolute Gasteiger partial charge is 0.489 e. The van der Waals surface area contributed by atoms with Crippen LogP contribution in [0.25, 0.3) is 22.2 Å². The summed E-state index contributed by atoms with van der Waals surface area (Å²) in [6, 6.07) is 7.37. The van der Waals surface area contributed by atoms with Gasteiger partial charge in [-0.15, -0.1) is 0 Å². The number of alkyl halides is 6. The number of nitrogens with two attached hydrogens (primary N) is 1. The molecule has 0 spiro atoms. The third-order valence-electron chi connectivity index (χ3n) is 8.41. The van der Waals surface area contributed by atoms with Crippen LogP contribution < -0.4 is 20.5 Å². The van der Waals surface area contributed by atoms with Crippen molar-refractivity contribution >= 4 is 22.7 Å². The van der Waals surface area contributed by atoms with Crippen molar-refractivity contribution in [1.29, 1.82) is 0 Å². The molecule has 0 saturated heterocycles. The molecule has 3 heterocycles. The zero-order valence-corrected chi connectivity index (χ0v) is 24.9. The summed E-state index contributed by atoms with van der Waals surface area (Å²) in [6.07, 6.45) is -6.92. The van der Waals surface area contributed by atoms with Crippen LogP contribution in [0.3, 0.4) is 0 Å². The number of primary amides is 1. The summed E-state index contributed by atoms with van der Waals surface area (Å²) in [6.45, 7) is -1.67. The van der Waals surface area contributed by atoms with E-state index >= 15 is 0 Å². The molecule has 0 bridgehead atoms. The number of nitrogens with zero attached hydrogens (tertiary/aromatic N) is 3. The summed E-state index contributed by atoms with van der Waals surface area (Å²) >= 11 is 0. The minimum absolute atomic E-state index is 0.0571. The molecule has 2 amide bonds. The van der Waals surface area contributed by atoms with Crippen molar-refractivity contribution in [1.82, 2.24) is 20.1 Å². The van der Waals surface area contributed by atoms with Gasteiger partial charge in [0.15, 0.2) is 0 Å². The van der Waals surface area contributed by atoms with Crippen molar-refractivity contribution in [3.8, 4) is 22.8 Å². The maximum absolute atomic E-state index is 14.8. The van der Waals surface area contributed by atoms with Gasteiger partial charge in [-0.2, -0.15) is 18.3 Å². The molecule has 48 heavy (non-hydrogen) atoms. The highest BCUT2D eigenvalue weighted by atomic mass is 19.4. The van der Waals surface area contributed by atoms with Crippen molar-refractivity contribution in [2.75, 3.05) is 19.8 Å². The number of nitrogens with one attached hydrogen (secondary N) is 1. The molecule has 2 aromatic heterocycles. The number of carbonyl (C=O) groups excluding carboxylic acids is 2. The number of aromatic nitrogens is 3. The highest BCUT2D eigenvalue weighted by molar-refractivity contribution is 6.00. The van der Waals surface area contributed by atoms with E-state index in [-0.39, 0.29) is 64.2 Å². The number of amides is 2. The molecule has 1 saturated carbocycles. The number of rotatable bonds is 10. The number of fused-ring (bicyclic) bond motifs is 2. The average molecular weight is 682 g/mol. The van der Waals surface area contributed by atoms with Gasteiger partial charge >= 0.3 is 6.18 Å². The number of pyridine rings is 1. The van der Waals surface area contributed by atoms with Gasteiger partial charge in [0.1, 0.15) is 47.2 Å². The molecule has 2 aromatic carbocycles. The quantitative estimate of drug-likeness (QED) is 0.208. The molecule has 4 N–H and O–H groups in total. The van der Waals surface area contributed by atoms with Crippen molar-refractivity contribution in [3.05, 3.63) is 71.3 Å². The molecule has 1 aliphatic heterocycles. The Morgan fingerprint density at radius 1 is 1.17 bits per heavy atom. The van der Waals surface area contributed by atoms with Gasteiger partial charge in [0.2, 0.25) is 17.3 Å². The van der Waals surface area contributed by atoms with E-state index in [1.165, 1.54) is 25.3 Å². The van der Waals surface area contributed by atoms with E-state index in [1.807, 2.05) is 5.32 Å². The fourth-order valence-electron chi connectivity index (χ4n) is 5.28. The van der Waals surface area contributed by atoms with Crippen LogP contribution in [0.1, 0.15) is 41.4 Å². The van der Waals surface area contributed by atoms with Crippen molar-refractivity contribution in [3.63, 3.8) is 0 Å². The highest BCUT2D eigenvalue weighted by Crippen LogP contribution is 2.48. The Hall–Kier alpha value is -4.93. The molecule has 254 valence electrons. The van der Waals surface area contributed by atoms with E-state index in [0.29, 0.717) is 0 Å². The summed E-state index contributed by atoms with van der Waals surface area (Å²) in [5.74, 6) is -5.06. The van der Waals surface area contributed by atoms with Crippen LogP contribution >= 0.6 is 0 Å². The summed E-state index contributed by atoms with van der Waals surface area (Å²) in [7, 11) is 0. The molecule has 10 nitrogen and oxygen atoms in total. The van der Waals surface area contributed by atoms with Crippen LogP contribution in [0, 0.1) is 5.82 Å². The zero-order valence-electron chi connectivity index (χ0n) is 24.9. The van der Waals surface area contributed by atoms with Crippen molar-refractivity contribution < 1.29 is 54.9 Å². The molecule has 0 radical (unpaired) electrons. The lowest BCUT2D eigenvalue weighted by Crippen LogP contribution is -2.51. The Bertz CT molecular complexity index is 1930. The van der Waals surface area contributed by atoms with E-state index in [2.05, 4.69) is 10.1 Å². The zero-order chi connectivity index (χ0) is 34.8. The first-order valence-corrected chi connectivity index (χ1v) is 14.4. The number of aliphatic hydroxyl groups is 1. The van der Waals surface area contributed by atoms with Crippen LogP contribution in [-0.4, -0.2) is 64.0 Å². The minimum atomic E-state index is -5.49. The van der Waals surface area contributed by atoms with Gasteiger partial charge in [-0.05, 0) is 49.4 Å². The molecule has 4 aromatic rings. The molecule has 2 atom stereocenters. The highest BCUT2D eigenvalue weighted by Gasteiger charge is 2.58. The third kappa shape index (κ3) is 5.65. The van der Waals surface area contributed by atoms with E-state index in [9.17, 15) is 45.4 Å². The monoisotopic (exact) mass is 681 g/mol. The number of halogens is 7. The first kappa shape index (κ1) is 33.0. The maximum Gasteiger partial charge on any atom is 0.424 e. The number of ether oxygens (including phenoxy) is 2. The summed E-state index contributed by atoms with van der Waals surface area (Å²) in [5, 5.41) is 17.4. The van der Waals surface area contributed by atoms with Crippen LogP contribution in [0.2, 0.25) is 0 Å². The third-order valence-corrected chi connectivity index (χ3v) is 8.41. The first-order valence-electron chi connectivity index (χ1n) is 14.4. The summed E-state index contributed by atoms with van der Waals surface area (Å²) in [5.41, 5.74) is -1.73. The maximum atomic E-state index is 14.8. The van der Waals surface area contributed by atoms with Gasteiger partial charge in [-0.25, -0.2) is 27.2 Å². The van der Waals surface area contributed by atoms with E-state index in [1.54, 1.807) is 0 Å². The number of hydrogen-bond acceptors (Lipinski definition) is 7. The van der Waals surface area contributed by atoms with Crippen LogP contribution in [-0.2, 0) is 21.6 Å². The van der Waals surface area contributed by atoms with E-state index < -0.39 is 65.9 Å². The Kier molecular flexibility index (Phi) is 7.80. The molecule has 17 heteroatoms. The van der Waals surface area contributed by atoms with Crippen molar-refractivity contribution in [2.45, 2.75) is 49.2 Å². The Morgan fingerprint density at radius 2 is 1.85 bits per heavy atom. The number of hydrogen-bond donors (Lipinski definition) is 3. The summed E-state index contributed by atoms with van der Waals surface area (Å²) in [4.78, 5) is 29.7. The van der Waals surface area contributed by atoms with Crippen molar-refractivity contribution in [2.24, 2.45) is 5.73 Å². The van der Waals surface area contributed by atoms with Crippen LogP contribution in [0.15, 0.2) is 48.7 Å². The Morgan fingerprint density at radius 3 is 2.46 bits per heavy atom. The molecular weight excluding hydrogens is 655 g/mol. The second-order valence-corrected chi connectivity index (χ2v) is 11.9. The Balaban J connectivity index is 1.39. The van der Waals surface area contributed by atoms with Crippen LogP contribution in [0.4, 0.5) is 30.7 Å². The van der Waals surface area contributed by atoms with Gasteiger partial charge in [0, 0.05) is 41.1 Å². The second-order valence-electron chi connectivity index (χ2n) is 11.9. The fraction of sp³-hybridized carbons (Fsp3) is 0.355. The lowest BCUT2D eigenvalue weighted by Gasteiger charge is -2.31. The van der Waals surface area contributed by atoms with Gasteiger partial charge in [0.05, 0.1) is 12.2 Å². The Labute approximate surface area is 266 Å². The molecular formula is C31H26F7N5O5. The van der Waals surface area contributed by atoms with Gasteiger partial charge in [-0.3, -0.25) is 9.59 Å². The lowest BCUT2D eigenvalue weighted by atomic mass is 9.81. The lowest BCUT2D eigenvalue weighted by molar-refractivity contribution is -0.265. The van der Waals surface area contributed by atoms with Crippen LogP contribution in [0.5, 0.6) is 11.5 Å². The second kappa shape index (κ2) is 11.4. The molecule has 6 rings (SSSR count). The SMILES string of the molecule is C[C@]1(C(N)=O)COc2c1cc(C(O)(CNC(=O)c1cc(OCC(F)F)c3nn(C4(F)CC4)cc3c1)C(F)(F)F)nc2-c1ccc(F)cc1. The molecule has 1 unspecified atom stereocenters. The predicted octanol–water partition coefficient (Wildman–Crippen LogP) is 4.61. The van der Waals surface area contributed by atoms with Gasteiger partial charge < -0.3 is 25.6 Å².